The van der Waals surface area contributed by atoms with Crippen LogP contribution in [0.1, 0.15) is 17.6 Å². The maximum atomic E-state index is 12.9. The summed E-state index contributed by atoms with van der Waals surface area (Å²) in [6, 6.07) is 9.13. The third-order valence-electron chi connectivity index (χ3n) is 2.63. The normalized spacial score (nSPS) is 10.8. The highest BCUT2D eigenvalue weighted by Crippen LogP contribution is 2.34. The smallest absolute Gasteiger partial charge is 0.267 e. The summed E-state index contributed by atoms with van der Waals surface area (Å²) in [5.74, 6) is 0.541. The van der Waals surface area contributed by atoms with Crippen molar-refractivity contribution >= 4 is 17.3 Å². The van der Waals surface area contributed by atoms with Crippen molar-refractivity contribution in [3.05, 3.63) is 52.5 Å². The van der Waals surface area contributed by atoms with E-state index in [4.69, 9.17) is 22.1 Å². The van der Waals surface area contributed by atoms with Gasteiger partial charge in [-0.2, -0.15) is 0 Å². The topological polar surface area (TPSA) is 35.2 Å². The van der Waals surface area contributed by atoms with Crippen LogP contribution in [0.3, 0.4) is 0 Å². The molecule has 19 heavy (non-hydrogen) atoms. The Labute approximate surface area is 114 Å². The molecule has 2 N–H and O–H groups in total. The van der Waals surface area contributed by atoms with Crippen molar-refractivity contribution in [1.82, 2.24) is 0 Å². The summed E-state index contributed by atoms with van der Waals surface area (Å²) >= 11 is 5.89. The van der Waals surface area contributed by atoms with Gasteiger partial charge >= 0.3 is 0 Å². The summed E-state index contributed by atoms with van der Waals surface area (Å²) < 4.78 is 31.3. The highest BCUT2D eigenvalue weighted by Gasteiger charge is 2.15. The summed E-state index contributed by atoms with van der Waals surface area (Å²) in [5.41, 5.74) is 6.35. The number of anilines is 1. The average molecular weight is 284 g/mol. The monoisotopic (exact) mass is 283 g/mol. The van der Waals surface area contributed by atoms with Gasteiger partial charge in [0.1, 0.15) is 11.5 Å². The number of rotatable bonds is 3. The van der Waals surface area contributed by atoms with Gasteiger partial charge in [-0.1, -0.05) is 11.6 Å². The van der Waals surface area contributed by atoms with Gasteiger partial charge in [0.2, 0.25) is 0 Å². The van der Waals surface area contributed by atoms with Gasteiger partial charge in [-0.05, 0) is 48.9 Å². The number of ether oxygens (including phenoxy) is 1. The van der Waals surface area contributed by atoms with Crippen molar-refractivity contribution < 1.29 is 13.5 Å². The number of nitrogen functional groups attached to an aromatic ring is 1. The number of hydrogen-bond acceptors (Lipinski definition) is 2. The predicted molar refractivity (Wildman–Crippen MR) is 72.1 cm³/mol. The van der Waals surface area contributed by atoms with Gasteiger partial charge < -0.3 is 10.5 Å². The van der Waals surface area contributed by atoms with Gasteiger partial charge in [-0.3, -0.25) is 0 Å². The number of nitrogens with two attached hydrogens (primary N) is 1. The standard InChI is InChI=1S/C14H12ClF2NO/c1-8-6-10(3-4-12(8)15)19-13-5-2-9(18)7-11(13)14(16)17/h2-7,14H,18H2,1H3. The molecule has 0 fully saturated rings. The van der Waals surface area contributed by atoms with Gasteiger partial charge in [0, 0.05) is 10.7 Å². The quantitative estimate of drug-likeness (QED) is 0.808. The molecule has 0 aromatic heterocycles. The van der Waals surface area contributed by atoms with E-state index in [1.54, 1.807) is 18.2 Å². The van der Waals surface area contributed by atoms with E-state index in [0.717, 1.165) is 5.56 Å². The fourth-order valence-electron chi connectivity index (χ4n) is 1.64. The minimum atomic E-state index is -2.65. The maximum Gasteiger partial charge on any atom is 0.267 e. The van der Waals surface area contributed by atoms with Gasteiger partial charge in [0.05, 0.1) is 5.56 Å². The average Bonchev–Trinajstić information content (AvgIpc) is 2.36. The first-order valence-electron chi connectivity index (χ1n) is 5.59. The molecule has 0 atom stereocenters. The van der Waals surface area contributed by atoms with Crippen LogP contribution in [-0.4, -0.2) is 0 Å². The van der Waals surface area contributed by atoms with Crippen molar-refractivity contribution in [2.24, 2.45) is 0 Å². The minimum absolute atomic E-state index is 0.0888. The largest absolute Gasteiger partial charge is 0.457 e. The first-order chi connectivity index (χ1) is 8.97. The molecule has 0 saturated heterocycles. The fourth-order valence-corrected chi connectivity index (χ4v) is 1.76. The van der Waals surface area contributed by atoms with Crippen molar-refractivity contribution in [3.63, 3.8) is 0 Å². The second kappa shape index (κ2) is 5.45. The Kier molecular flexibility index (Phi) is 3.90. The van der Waals surface area contributed by atoms with E-state index in [-0.39, 0.29) is 17.0 Å². The Balaban J connectivity index is 2.35. The molecule has 100 valence electrons. The molecule has 2 aromatic rings. The molecule has 0 spiro atoms. The van der Waals surface area contributed by atoms with Crippen LogP contribution in [0.2, 0.25) is 5.02 Å². The molecule has 0 unspecified atom stereocenters. The molecule has 2 nitrogen and oxygen atoms in total. The van der Waals surface area contributed by atoms with Crippen molar-refractivity contribution in [3.8, 4) is 11.5 Å². The zero-order valence-electron chi connectivity index (χ0n) is 10.2. The lowest BCUT2D eigenvalue weighted by Gasteiger charge is -2.12. The minimum Gasteiger partial charge on any atom is -0.457 e. The van der Waals surface area contributed by atoms with Crippen LogP contribution in [0.15, 0.2) is 36.4 Å². The third kappa shape index (κ3) is 3.15. The summed E-state index contributed by atoms with van der Waals surface area (Å²) in [4.78, 5) is 0. The van der Waals surface area contributed by atoms with Gasteiger partial charge in [0.15, 0.2) is 0 Å². The second-order valence-corrected chi connectivity index (χ2v) is 4.52. The summed E-state index contributed by atoms with van der Waals surface area (Å²) in [7, 11) is 0. The van der Waals surface area contributed by atoms with E-state index in [1.807, 2.05) is 6.92 Å². The highest BCUT2D eigenvalue weighted by atomic mass is 35.5. The fraction of sp³-hybridized carbons (Fsp3) is 0.143. The Morgan fingerprint density at radius 2 is 1.89 bits per heavy atom. The molecule has 0 saturated carbocycles. The Hall–Kier alpha value is -1.81. The molecule has 0 aliphatic rings. The predicted octanol–water partition coefficient (Wildman–Crippen LogP) is 4.96. The zero-order valence-corrected chi connectivity index (χ0v) is 10.9. The van der Waals surface area contributed by atoms with E-state index in [0.29, 0.717) is 10.8 Å². The molecule has 0 heterocycles. The van der Waals surface area contributed by atoms with E-state index < -0.39 is 6.43 Å². The molecule has 2 aromatic carbocycles. The summed E-state index contributed by atoms with van der Waals surface area (Å²) in [6.45, 7) is 1.81. The van der Waals surface area contributed by atoms with Crippen LogP contribution >= 0.6 is 11.6 Å². The van der Waals surface area contributed by atoms with Crippen LogP contribution in [0, 0.1) is 6.92 Å². The SMILES string of the molecule is Cc1cc(Oc2ccc(N)cc2C(F)F)ccc1Cl. The molecule has 0 radical (unpaired) electrons. The van der Waals surface area contributed by atoms with E-state index in [1.165, 1.54) is 18.2 Å². The van der Waals surface area contributed by atoms with Crippen LogP contribution in [-0.2, 0) is 0 Å². The molecular weight excluding hydrogens is 272 g/mol. The number of halogens is 3. The highest BCUT2D eigenvalue weighted by molar-refractivity contribution is 6.31. The Bertz CT molecular complexity index is 602. The van der Waals surface area contributed by atoms with Gasteiger partial charge in [0.25, 0.3) is 6.43 Å². The molecule has 5 heteroatoms. The lowest BCUT2D eigenvalue weighted by molar-refractivity contribution is 0.148. The lowest BCUT2D eigenvalue weighted by Crippen LogP contribution is -1.95. The number of aryl methyl sites for hydroxylation is 1. The Morgan fingerprint density at radius 3 is 2.53 bits per heavy atom. The maximum absolute atomic E-state index is 12.9. The van der Waals surface area contributed by atoms with Crippen molar-refractivity contribution in [2.45, 2.75) is 13.3 Å². The van der Waals surface area contributed by atoms with Crippen molar-refractivity contribution in [1.29, 1.82) is 0 Å². The Morgan fingerprint density at radius 1 is 1.16 bits per heavy atom. The third-order valence-corrected chi connectivity index (χ3v) is 3.05. The number of benzene rings is 2. The van der Waals surface area contributed by atoms with Crippen molar-refractivity contribution in [2.75, 3.05) is 5.73 Å². The van der Waals surface area contributed by atoms with Gasteiger partial charge in [-0.15, -0.1) is 0 Å². The lowest BCUT2D eigenvalue weighted by atomic mass is 10.2. The number of hydrogen-bond donors (Lipinski definition) is 1. The molecule has 0 aliphatic heterocycles. The molecule has 0 bridgehead atoms. The van der Waals surface area contributed by atoms with E-state index in [9.17, 15) is 8.78 Å². The molecule has 0 aliphatic carbocycles. The first kappa shape index (κ1) is 13.6. The van der Waals surface area contributed by atoms with Gasteiger partial charge in [-0.25, -0.2) is 8.78 Å². The zero-order chi connectivity index (χ0) is 14.0. The van der Waals surface area contributed by atoms with Crippen LogP contribution in [0.4, 0.5) is 14.5 Å². The summed E-state index contributed by atoms with van der Waals surface area (Å²) in [5, 5.41) is 0.596. The first-order valence-corrected chi connectivity index (χ1v) is 5.97. The molecule has 0 amide bonds. The summed E-state index contributed by atoms with van der Waals surface area (Å²) in [6.07, 6.45) is -2.65. The molecule has 2 rings (SSSR count). The van der Waals surface area contributed by atoms with Crippen LogP contribution in [0.5, 0.6) is 11.5 Å². The van der Waals surface area contributed by atoms with E-state index in [2.05, 4.69) is 0 Å². The number of alkyl halides is 2. The van der Waals surface area contributed by atoms with Crippen LogP contribution in [0.25, 0.3) is 0 Å². The second-order valence-electron chi connectivity index (χ2n) is 4.11. The van der Waals surface area contributed by atoms with Crippen LogP contribution < -0.4 is 10.5 Å². The van der Waals surface area contributed by atoms with E-state index >= 15 is 0 Å². The molecular formula is C14H12ClF2NO.